The molecular formula is C28H27NO6. The first-order valence-electron chi connectivity index (χ1n) is 11.0. The molecule has 7 nitrogen and oxygen atoms in total. The minimum absolute atomic E-state index is 0.0392. The summed E-state index contributed by atoms with van der Waals surface area (Å²) in [4.78, 5) is 0. The van der Waals surface area contributed by atoms with Gasteiger partial charge >= 0.3 is 0 Å². The molecule has 1 aliphatic heterocycles. The van der Waals surface area contributed by atoms with E-state index in [0.29, 0.717) is 45.5 Å². The lowest BCUT2D eigenvalue weighted by atomic mass is 9.82. The van der Waals surface area contributed by atoms with Gasteiger partial charge in [0.1, 0.15) is 5.76 Å². The maximum absolute atomic E-state index is 10.6. The van der Waals surface area contributed by atoms with E-state index in [1.54, 1.807) is 38.5 Å². The molecule has 3 aromatic rings. The highest BCUT2D eigenvalue weighted by molar-refractivity contribution is 5.72. The summed E-state index contributed by atoms with van der Waals surface area (Å²) in [6.07, 6.45) is 0.233. The molecule has 3 aromatic carbocycles. The van der Waals surface area contributed by atoms with Crippen LogP contribution in [0.25, 0.3) is 5.76 Å². The number of benzene rings is 3. The van der Waals surface area contributed by atoms with Gasteiger partial charge in [-0.1, -0.05) is 35.9 Å². The molecule has 4 rings (SSSR count). The quantitative estimate of drug-likeness (QED) is 0.496. The van der Waals surface area contributed by atoms with Crippen LogP contribution >= 0.6 is 0 Å². The van der Waals surface area contributed by atoms with E-state index in [-0.39, 0.29) is 12.2 Å². The SMILES string of the molecule is COc1ccc(C2(c3cc(OC)c(OC)c(OC)c3)CC(C#N)=C(c3ccc(C)cc3)O2)cc1O. The average Bonchev–Trinajstić information content (AvgIpc) is 3.29. The number of phenols is 1. The van der Waals surface area contributed by atoms with Crippen LogP contribution < -0.4 is 18.9 Å². The minimum atomic E-state index is -1.15. The maximum atomic E-state index is 10.6. The summed E-state index contributed by atoms with van der Waals surface area (Å²) in [6, 6.07) is 18.8. The minimum Gasteiger partial charge on any atom is -0.504 e. The number of phenolic OH excluding ortho intramolecular Hbond substituents is 1. The first kappa shape index (κ1) is 23.8. The third-order valence-electron chi connectivity index (χ3n) is 6.20. The number of hydrogen-bond donors (Lipinski definition) is 1. The summed E-state index contributed by atoms with van der Waals surface area (Å²) in [5, 5.41) is 20.7. The molecule has 0 fully saturated rings. The van der Waals surface area contributed by atoms with E-state index in [1.807, 2.05) is 37.3 Å². The predicted molar refractivity (Wildman–Crippen MR) is 131 cm³/mol. The van der Waals surface area contributed by atoms with Gasteiger partial charge in [0.25, 0.3) is 0 Å². The van der Waals surface area contributed by atoms with Crippen LogP contribution in [0.15, 0.2) is 60.2 Å². The van der Waals surface area contributed by atoms with Gasteiger partial charge in [-0.2, -0.15) is 5.26 Å². The Labute approximate surface area is 204 Å². The predicted octanol–water partition coefficient (Wildman–Crippen LogP) is 5.33. The van der Waals surface area contributed by atoms with Crippen molar-refractivity contribution in [3.8, 4) is 34.8 Å². The first-order chi connectivity index (χ1) is 16.9. The van der Waals surface area contributed by atoms with Crippen molar-refractivity contribution in [3.05, 3.63) is 82.4 Å². The molecule has 0 aromatic heterocycles. The maximum Gasteiger partial charge on any atom is 0.203 e. The van der Waals surface area contributed by atoms with Crippen LogP contribution in [0.5, 0.6) is 28.7 Å². The van der Waals surface area contributed by atoms with E-state index in [9.17, 15) is 10.4 Å². The van der Waals surface area contributed by atoms with Crippen LogP contribution in [0.1, 0.15) is 28.7 Å². The molecule has 1 heterocycles. The van der Waals surface area contributed by atoms with E-state index >= 15 is 0 Å². The standard InChI is InChI=1S/C28H27NO6/c1-17-6-8-18(9-7-17)26-19(16-29)15-28(35-26,20-10-11-23(31-2)22(30)12-20)21-13-24(32-3)27(34-5)25(14-21)33-4/h6-14,30H,15H2,1-5H3. The fourth-order valence-electron chi connectivity index (χ4n) is 4.37. The number of aryl methyl sites for hydroxylation is 1. The molecule has 0 amide bonds. The van der Waals surface area contributed by atoms with E-state index < -0.39 is 5.60 Å². The highest BCUT2D eigenvalue weighted by Crippen LogP contribution is 2.53. The highest BCUT2D eigenvalue weighted by atomic mass is 16.5. The molecule has 0 aliphatic carbocycles. The molecule has 0 saturated carbocycles. The van der Waals surface area contributed by atoms with Crippen molar-refractivity contribution in [2.75, 3.05) is 28.4 Å². The van der Waals surface area contributed by atoms with Gasteiger partial charge in [0.15, 0.2) is 28.6 Å². The molecule has 0 saturated heterocycles. The molecule has 7 heteroatoms. The Kier molecular flexibility index (Phi) is 6.48. The molecule has 0 bridgehead atoms. The van der Waals surface area contributed by atoms with Gasteiger partial charge in [0.2, 0.25) is 5.75 Å². The fourth-order valence-corrected chi connectivity index (χ4v) is 4.37. The molecule has 1 unspecified atom stereocenters. The lowest BCUT2D eigenvalue weighted by molar-refractivity contribution is 0.0995. The summed E-state index contributed by atoms with van der Waals surface area (Å²) in [6.45, 7) is 2.00. The summed E-state index contributed by atoms with van der Waals surface area (Å²) in [7, 11) is 6.10. The summed E-state index contributed by atoms with van der Waals surface area (Å²) >= 11 is 0. The van der Waals surface area contributed by atoms with Crippen LogP contribution in [0.2, 0.25) is 0 Å². The van der Waals surface area contributed by atoms with E-state index in [1.165, 1.54) is 14.2 Å². The second-order valence-electron chi connectivity index (χ2n) is 8.19. The zero-order valence-electron chi connectivity index (χ0n) is 20.3. The van der Waals surface area contributed by atoms with Crippen LogP contribution in [-0.2, 0) is 10.3 Å². The zero-order valence-corrected chi connectivity index (χ0v) is 20.3. The smallest absolute Gasteiger partial charge is 0.203 e. The van der Waals surface area contributed by atoms with Crippen LogP contribution in [0.4, 0.5) is 0 Å². The second kappa shape index (κ2) is 9.51. The fraction of sp³-hybridized carbons (Fsp3) is 0.250. The highest BCUT2D eigenvalue weighted by Gasteiger charge is 2.46. The van der Waals surface area contributed by atoms with E-state index in [2.05, 4.69) is 6.07 Å². The molecule has 1 N–H and O–H groups in total. The molecule has 0 spiro atoms. The number of nitrogens with zero attached hydrogens (tertiary/aromatic N) is 1. The van der Waals surface area contributed by atoms with Crippen molar-refractivity contribution in [1.29, 1.82) is 5.26 Å². The number of nitriles is 1. The van der Waals surface area contributed by atoms with Crippen molar-refractivity contribution in [2.45, 2.75) is 18.9 Å². The third kappa shape index (κ3) is 4.08. The van der Waals surface area contributed by atoms with Gasteiger partial charge in [0, 0.05) is 23.1 Å². The summed E-state index contributed by atoms with van der Waals surface area (Å²) in [5.74, 6) is 2.12. The van der Waals surface area contributed by atoms with Gasteiger partial charge in [0.05, 0.1) is 40.1 Å². The van der Waals surface area contributed by atoms with Crippen molar-refractivity contribution >= 4 is 5.76 Å². The molecule has 0 radical (unpaired) electrons. The van der Waals surface area contributed by atoms with Gasteiger partial charge in [-0.25, -0.2) is 0 Å². The normalized spacial score (nSPS) is 16.9. The lowest BCUT2D eigenvalue weighted by Crippen LogP contribution is -2.27. The number of aromatic hydroxyl groups is 1. The van der Waals surface area contributed by atoms with E-state index in [0.717, 1.165) is 11.1 Å². The Morgan fingerprint density at radius 3 is 1.97 bits per heavy atom. The molecule has 35 heavy (non-hydrogen) atoms. The molecule has 1 atom stereocenters. The zero-order chi connectivity index (χ0) is 25.2. The average molecular weight is 474 g/mol. The molecule has 1 aliphatic rings. The van der Waals surface area contributed by atoms with Gasteiger partial charge < -0.3 is 28.8 Å². The Balaban J connectivity index is 1.96. The van der Waals surface area contributed by atoms with Gasteiger partial charge in [-0.3, -0.25) is 0 Å². The van der Waals surface area contributed by atoms with Crippen LogP contribution in [0.3, 0.4) is 0 Å². The summed E-state index contributed by atoms with van der Waals surface area (Å²) in [5.41, 5.74) is 2.53. The van der Waals surface area contributed by atoms with Crippen molar-refractivity contribution in [1.82, 2.24) is 0 Å². The second-order valence-corrected chi connectivity index (χ2v) is 8.19. The first-order valence-corrected chi connectivity index (χ1v) is 11.0. The number of methoxy groups -OCH3 is 4. The van der Waals surface area contributed by atoms with Crippen LogP contribution in [-0.4, -0.2) is 33.5 Å². The van der Waals surface area contributed by atoms with Gasteiger partial charge in [-0.05, 0) is 31.2 Å². The van der Waals surface area contributed by atoms with Gasteiger partial charge in [-0.15, -0.1) is 0 Å². The Morgan fingerprint density at radius 2 is 1.46 bits per heavy atom. The number of ether oxygens (including phenoxy) is 5. The molecular weight excluding hydrogens is 446 g/mol. The largest absolute Gasteiger partial charge is 0.504 e. The number of hydrogen-bond acceptors (Lipinski definition) is 7. The Morgan fingerprint density at radius 1 is 0.829 bits per heavy atom. The van der Waals surface area contributed by atoms with Crippen LogP contribution in [0, 0.1) is 18.3 Å². The lowest BCUT2D eigenvalue weighted by Gasteiger charge is -2.32. The number of rotatable bonds is 7. The Hall–Kier alpha value is -4.31. The van der Waals surface area contributed by atoms with Crippen molar-refractivity contribution in [3.63, 3.8) is 0 Å². The van der Waals surface area contributed by atoms with E-state index in [4.69, 9.17) is 23.7 Å². The van der Waals surface area contributed by atoms with Crippen molar-refractivity contribution < 1.29 is 28.8 Å². The monoisotopic (exact) mass is 473 g/mol. The topological polar surface area (TPSA) is 90.2 Å². The Bertz CT molecular complexity index is 1300. The summed E-state index contributed by atoms with van der Waals surface area (Å²) < 4.78 is 28.6. The van der Waals surface area contributed by atoms with Crippen molar-refractivity contribution in [2.24, 2.45) is 0 Å². The third-order valence-corrected chi connectivity index (χ3v) is 6.20. The molecule has 180 valence electrons.